The lowest BCUT2D eigenvalue weighted by molar-refractivity contribution is -0.163. The highest BCUT2D eigenvalue weighted by atomic mass is 19.1. The number of likely N-dealkylation sites (tertiary alicyclic amines) is 1. The lowest BCUT2D eigenvalue weighted by Crippen LogP contribution is -2.57. The molecule has 0 bridgehead atoms. The van der Waals surface area contributed by atoms with Gasteiger partial charge in [0, 0.05) is 19.5 Å². The maximum Gasteiger partial charge on any atom is 0.313 e. The highest BCUT2D eigenvalue weighted by Crippen LogP contribution is 2.35. The second-order valence-electron chi connectivity index (χ2n) is 6.34. The molecule has 1 aliphatic heterocycles. The van der Waals surface area contributed by atoms with Crippen LogP contribution < -0.4 is 0 Å². The fourth-order valence-corrected chi connectivity index (χ4v) is 3.24. The van der Waals surface area contributed by atoms with Gasteiger partial charge in [0.05, 0.1) is 6.10 Å². The lowest BCUT2D eigenvalue weighted by atomic mass is 9.73. The molecular formula is C17H22FNO5. The Hall–Kier alpha value is -1.99. The smallest absolute Gasteiger partial charge is 0.313 e. The van der Waals surface area contributed by atoms with Crippen LogP contribution in [0.3, 0.4) is 0 Å². The number of piperidine rings is 1. The van der Waals surface area contributed by atoms with Crippen molar-refractivity contribution in [2.24, 2.45) is 5.41 Å². The van der Waals surface area contributed by atoms with E-state index in [1.54, 1.807) is 0 Å². The van der Waals surface area contributed by atoms with Crippen molar-refractivity contribution in [2.45, 2.75) is 31.8 Å². The minimum Gasteiger partial charge on any atom is -0.481 e. The molecule has 2 atom stereocenters. The Morgan fingerprint density at radius 2 is 1.92 bits per heavy atom. The van der Waals surface area contributed by atoms with Crippen LogP contribution in [-0.2, 0) is 16.0 Å². The van der Waals surface area contributed by atoms with E-state index in [1.165, 1.54) is 24.3 Å². The van der Waals surface area contributed by atoms with E-state index in [-0.39, 0.29) is 19.4 Å². The number of halogens is 1. The number of carboxylic acid groups (broad SMARTS) is 2. The highest BCUT2D eigenvalue weighted by Gasteiger charge is 2.49. The Labute approximate surface area is 139 Å². The largest absolute Gasteiger partial charge is 0.481 e. The fourth-order valence-electron chi connectivity index (χ4n) is 3.24. The van der Waals surface area contributed by atoms with Gasteiger partial charge in [-0.25, -0.2) is 4.39 Å². The van der Waals surface area contributed by atoms with Crippen molar-refractivity contribution in [3.05, 3.63) is 35.6 Å². The van der Waals surface area contributed by atoms with Gasteiger partial charge in [-0.15, -0.1) is 0 Å². The Bertz CT molecular complexity index is 591. The number of hydrogen-bond acceptors (Lipinski definition) is 4. The van der Waals surface area contributed by atoms with E-state index >= 15 is 0 Å². The van der Waals surface area contributed by atoms with Crippen LogP contribution in [0.4, 0.5) is 4.39 Å². The summed E-state index contributed by atoms with van der Waals surface area (Å²) in [6, 6.07) is 5.58. The summed E-state index contributed by atoms with van der Waals surface area (Å²) in [5, 5.41) is 28.8. The molecule has 0 radical (unpaired) electrons. The van der Waals surface area contributed by atoms with Crippen molar-refractivity contribution in [3.8, 4) is 0 Å². The van der Waals surface area contributed by atoms with E-state index in [0.29, 0.717) is 31.5 Å². The number of benzene rings is 1. The summed E-state index contributed by atoms with van der Waals surface area (Å²) >= 11 is 0. The van der Waals surface area contributed by atoms with Crippen LogP contribution in [0.25, 0.3) is 0 Å². The zero-order valence-corrected chi connectivity index (χ0v) is 13.3. The van der Waals surface area contributed by atoms with E-state index in [1.807, 2.05) is 4.90 Å². The van der Waals surface area contributed by atoms with Crippen LogP contribution in [0.5, 0.6) is 0 Å². The molecule has 1 aromatic rings. The summed E-state index contributed by atoms with van der Waals surface area (Å²) in [5.41, 5.74) is -0.732. The molecule has 1 aliphatic rings. The summed E-state index contributed by atoms with van der Waals surface area (Å²) in [4.78, 5) is 24.4. The van der Waals surface area contributed by atoms with E-state index in [4.69, 9.17) is 5.11 Å². The normalized spacial score (nSPS) is 24.7. The number of rotatable bonds is 7. The lowest BCUT2D eigenvalue weighted by Gasteiger charge is -2.43. The van der Waals surface area contributed by atoms with Crippen molar-refractivity contribution in [2.75, 3.05) is 19.6 Å². The van der Waals surface area contributed by atoms with Gasteiger partial charge in [-0.3, -0.25) is 9.59 Å². The average Bonchev–Trinajstić information content (AvgIpc) is 2.52. The fraction of sp³-hybridized carbons (Fsp3) is 0.529. The van der Waals surface area contributed by atoms with Crippen LogP contribution in [0, 0.1) is 11.2 Å². The molecule has 1 aromatic carbocycles. The third kappa shape index (κ3) is 4.30. The minimum absolute atomic E-state index is 0.0249. The predicted octanol–water partition coefficient (Wildman–Crippen LogP) is 1.37. The molecule has 24 heavy (non-hydrogen) atoms. The van der Waals surface area contributed by atoms with Crippen molar-refractivity contribution < 1.29 is 29.3 Å². The van der Waals surface area contributed by atoms with E-state index < -0.39 is 29.3 Å². The monoisotopic (exact) mass is 339 g/mol. The molecule has 0 spiro atoms. The predicted molar refractivity (Wildman–Crippen MR) is 84.1 cm³/mol. The molecule has 1 saturated heterocycles. The van der Waals surface area contributed by atoms with Gasteiger partial charge >= 0.3 is 11.9 Å². The maximum atomic E-state index is 13.0. The quantitative estimate of drug-likeness (QED) is 0.694. The van der Waals surface area contributed by atoms with Crippen LogP contribution in [0.1, 0.15) is 24.8 Å². The molecule has 1 heterocycles. The van der Waals surface area contributed by atoms with Crippen LogP contribution in [-0.4, -0.2) is 57.9 Å². The SMILES string of the molecule is O=C(O)CCCN1CC[C@@H](O)[C@](Cc2ccc(F)cc2)(C(=O)O)C1. The molecule has 2 rings (SSSR count). The molecule has 0 aliphatic carbocycles. The van der Waals surface area contributed by atoms with Crippen molar-refractivity contribution >= 4 is 11.9 Å². The third-order valence-electron chi connectivity index (χ3n) is 4.59. The van der Waals surface area contributed by atoms with Crippen molar-refractivity contribution in [3.63, 3.8) is 0 Å². The molecule has 0 aromatic heterocycles. The van der Waals surface area contributed by atoms with Gasteiger partial charge in [0.25, 0.3) is 0 Å². The number of aliphatic hydroxyl groups excluding tert-OH is 1. The zero-order chi connectivity index (χ0) is 17.7. The van der Waals surface area contributed by atoms with Crippen LogP contribution in [0.2, 0.25) is 0 Å². The first-order chi connectivity index (χ1) is 11.3. The summed E-state index contributed by atoms with van der Waals surface area (Å²) in [6.45, 7) is 1.14. The summed E-state index contributed by atoms with van der Waals surface area (Å²) in [6.07, 6.45) is -0.148. The zero-order valence-electron chi connectivity index (χ0n) is 13.3. The second-order valence-corrected chi connectivity index (χ2v) is 6.34. The first-order valence-electron chi connectivity index (χ1n) is 7.93. The van der Waals surface area contributed by atoms with E-state index in [2.05, 4.69) is 0 Å². The number of aliphatic hydroxyl groups is 1. The first kappa shape index (κ1) is 18.4. The number of nitrogens with zero attached hydrogens (tertiary/aromatic N) is 1. The van der Waals surface area contributed by atoms with Gasteiger partial charge < -0.3 is 20.2 Å². The second kappa shape index (κ2) is 7.72. The molecule has 6 nitrogen and oxygen atoms in total. The van der Waals surface area contributed by atoms with Gasteiger partial charge in [-0.05, 0) is 43.5 Å². The van der Waals surface area contributed by atoms with Gasteiger partial charge in [-0.2, -0.15) is 0 Å². The molecule has 132 valence electrons. The molecule has 3 N–H and O–H groups in total. The van der Waals surface area contributed by atoms with Crippen molar-refractivity contribution in [1.29, 1.82) is 0 Å². The molecular weight excluding hydrogens is 317 g/mol. The molecule has 0 amide bonds. The Morgan fingerprint density at radius 1 is 1.25 bits per heavy atom. The van der Waals surface area contributed by atoms with Gasteiger partial charge in [0.2, 0.25) is 0 Å². The third-order valence-corrected chi connectivity index (χ3v) is 4.59. The van der Waals surface area contributed by atoms with Gasteiger partial charge in [0.15, 0.2) is 0 Å². The van der Waals surface area contributed by atoms with Crippen LogP contribution >= 0.6 is 0 Å². The molecule has 0 unspecified atom stereocenters. The number of hydrogen-bond donors (Lipinski definition) is 3. The summed E-state index contributed by atoms with van der Waals surface area (Å²) in [7, 11) is 0. The van der Waals surface area contributed by atoms with Crippen LogP contribution in [0.15, 0.2) is 24.3 Å². The number of carboxylic acids is 2. The maximum absolute atomic E-state index is 13.0. The minimum atomic E-state index is -1.38. The molecule has 0 saturated carbocycles. The Balaban J connectivity index is 2.13. The standard InChI is InChI=1S/C17H22FNO5/c18-13-5-3-12(4-6-13)10-17(16(23)24)11-19(9-7-14(17)20)8-1-2-15(21)22/h3-6,14,20H,1-2,7-11H2,(H,21,22)(H,23,24)/t14-,17-/m1/s1. The summed E-state index contributed by atoms with van der Waals surface area (Å²) in [5.74, 6) is -2.38. The highest BCUT2D eigenvalue weighted by molar-refractivity contribution is 5.76. The number of aliphatic carboxylic acids is 2. The van der Waals surface area contributed by atoms with E-state index in [9.17, 15) is 24.2 Å². The molecule has 7 heteroatoms. The van der Waals surface area contributed by atoms with Gasteiger partial charge in [-0.1, -0.05) is 12.1 Å². The Kier molecular flexibility index (Phi) is 5.90. The Morgan fingerprint density at radius 3 is 2.50 bits per heavy atom. The van der Waals surface area contributed by atoms with E-state index in [0.717, 1.165) is 0 Å². The summed E-state index contributed by atoms with van der Waals surface area (Å²) < 4.78 is 13.0. The average molecular weight is 339 g/mol. The first-order valence-corrected chi connectivity index (χ1v) is 7.93. The topological polar surface area (TPSA) is 98.1 Å². The van der Waals surface area contributed by atoms with Crippen molar-refractivity contribution in [1.82, 2.24) is 4.90 Å². The van der Waals surface area contributed by atoms with Gasteiger partial charge in [0.1, 0.15) is 11.2 Å². The number of carbonyl (C=O) groups is 2. The molecule has 1 fully saturated rings.